The molecule has 160 valence electrons. The van der Waals surface area contributed by atoms with E-state index in [-0.39, 0.29) is 0 Å². The Kier molecular flexibility index (Phi) is 7.27. The molecule has 0 heterocycles. The molecule has 0 spiro atoms. The van der Waals surface area contributed by atoms with Crippen LogP contribution in [0, 0.1) is 22.7 Å². The van der Waals surface area contributed by atoms with Crippen molar-refractivity contribution in [3.05, 3.63) is 142 Å². The predicted octanol–water partition coefficient (Wildman–Crippen LogP) is 7.94. The molecule has 0 aliphatic carbocycles. The Morgan fingerprint density at radius 1 is 0.324 bits per heavy atom. The van der Waals surface area contributed by atoms with Crippen molar-refractivity contribution in [3.63, 3.8) is 0 Å². The number of rotatable bonds is 6. The maximum atomic E-state index is 8.88. The highest BCUT2D eigenvalue weighted by Gasteiger charge is 1.94. The summed E-state index contributed by atoms with van der Waals surface area (Å²) < 4.78 is 0. The smallest absolute Gasteiger partial charge is 0.0991 e. The standard InChI is InChI=1S/C32H22N2/c33-23-31-19-15-29(16-20-31)13-11-27-7-3-25(4-8-27)1-2-26-5-9-28(10-6-26)12-14-30-17-21-32(24-34)22-18-30/h1-22H. The Balaban J connectivity index is 1.34. The lowest BCUT2D eigenvalue weighted by Gasteiger charge is -1.99. The molecule has 2 heteroatoms. The Hall–Kier alpha value is -4.92. The lowest BCUT2D eigenvalue weighted by Crippen LogP contribution is -1.78. The van der Waals surface area contributed by atoms with Crippen molar-refractivity contribution < 1.29 is 0 Å². The summed E-state index contributed by atoms with van der Waals surface area (Å²) in [6.45, 7) is 0. The first-order valence-electron chi connectivity index (χ1n) is 11.0. The van der Waals surface area contributed by atoms with Crippen molar-refractivity contribution in [1.82, 2.24) is 0 Å². The van der Waals surface area contributed by atoms with E-state index in [0.717, 1.165) is 33.4 Å². The second-order valence-corrected chi connectivity index (χ2v) is 7.80. The second kappa shape index (κ2) is 11.1. The molecule has 0 amide bonds. The Bertz CT molecular complexity index is 1290. The number of benzene rings is 4. The molecule has 4 aromatic carbocycles. The zero-order valence-electron chi connectivity index (χ0n) is 18.6. The molecule has 0 unspecified atom stereocenters. The van der Waals surface area contributed by atoms with Crippen molar-refractivity contribution in [1.29, 1.82) is 10.5 Å². The summed E-state index contributed by atoms with van der Waals surface area (Å²) in [5.41, 5.74) is 8.00. The quantitative estimate of drug-likeness (QED) is 0.289. The summed E-state index contributed by atoms with van der Waals surface area (Å²) >= 11 is 0. The highest BCUT2D eigenvalue weighted by atomic mass is 14.2. The molecule has 0 saturated carbocycles. The first kappa shape index (κ1) is 22.3. The Morgan fingerprint density at radius 2 is 0.500 bits per heavy atom. The van der Waals surface area contributed by atoms with Crippen LogP contribution in [0.5, 0.6) is 0 Å². The highest BCUT2D eigenvalue weighted by Crippen LogP contribution is 2.15. The van der Waals surface area contributed by atoms with Crippen molar-refractivity contribution in [2.45, 2.75) is 0 Å². The molecule has 0 aromatic heterocycles. The van der Waals surface area contributed by atoms with Crippen LogP contribution in [0.15, 0.2) is 97.1 Å². The highest BCUT2D eigenvalue weighted by molar-refractivity contribution is 5.74. The van der Waals surface area contributed by atoms with Gasteiger partial charge in [0.05, 0.1) is 23.3 Å². The van der Waals surface area contributed by atoms with Gasteiger partial charge in [-0.25, -0.2) is 0 Å². The summed E-state index contributed by atoms with van der Waals surface area (Å²) in [5, 5.41) is 17.8. The van der Waals surface area contributed by atoms with Crippen LogP contribution in [0.2, 0.25) is 0 Å². The van der Waals surface area contributed by atoms with Gasteiger partial charge in [0.1, 0.15) is 0 Å². The third-order valence-corrected chi connectivity index (χ3v) is 5.36. The lowest BCUT2D eigenvalue weighted by atomic mass is 10.1. The van der Waals surface area contributed by atoms with Gasteiger partial charge in [0.15, 0.2) is 0 Å². The first-order valence-corrected chi connectivity index (χ1v) is 11.0. The summed E-state index contributed by atoms with van der Waals surface area (Å²) in [6.07, 6.45) is 12.4. The van der Waals surface area contributed by atoms with Gasteiger partial charge in [-0.2, -0.15) is 10.5 Å². The number of hydrogen-bond acceptors (Lipinski definition) is 2. The van der Waals surface area contributed by atoms with E-state index in [1.807, 2.05) is 60.7 Å². The van der Waals surface area contributed by atoms with Crippen LogP contribution < -0.4 is 0 Å². The Morgan fingerprint density at radius 3 is 0.676 bits per heavy atom. The van der Waals surface area contributed by atoms with Gasteiger partial charge in [0, 0.05) is 0 Å². The van der Waals surface area contributed by atoms with Gasteiger partial charge >= 0.3 is 0 Å². The zero-order valence-corrected chi connectivity index (χ0v) is 18.6. The fourth-order valence-electron chi connectivity index (χ4n) is 3.35. The first-order chi connectivity index (χ1) is 16.7. The van der Waals surface area contributed by atoms with Crippen LogP contribution in [-0.4, -0.2) is 0 Å². The Labute approximate surface area is 200 Å². The van der Waals surface area contributed by atoms with Gasteiger partial charge < -0.3 is 0 Å². The van der Waals surface area contributed by atoms with Gasteiger partial charge in [-0.1, -0.05) is 109 Å². The van der Waals surface area contributed by atoms with Crippen LogP contribution in [0.25, 0.3) is 36.5 Å². The van der Waals surface area contributed by atoms with E-state index in [1.54, 1.807) is 0 Å². The van der Waals surface area contributed by atoms with Crippen molar-refractivity contribution in [2.24, 2.45) is 0 Å². The average Bonchev–Trinajstić information content (AvgIpc) is 2.91. The maximum absolute atomic E-state index is 8.88. The second-order valence-electron chi connectivity index (χ2n) is 7.80. The normalized spacial score (nSPS) is 11.1. The van der Waals surface area contributed by atoms with Crippen LogP contribution in [0.4, 0.5) is 0 Å². The summed E-state index contributed by atoms with van der Waals surface area (Å²) in [6, 6.07) is 36.1. The number of nitriles is 2. The minimum Gasteiger partial charge on any atom is -0.192 e. The van der Waals surface area contributed by atoms with E-state index in [1.165, 1.54) is 0 Å². The van der Waals surface area contributed by atoms with Crippen LogP contribution in [0.1, 0.15) is 44.5 Å². The average molecular weight is 435 g/mol. The minimum absolute atomic E-state index is 0.669. The molecule has 0 aliphatic heterocycles. The maximum Gasteiger partial charge on any atom is 0.0991 e. The third-order valence-electron chi connectivity index (χ3n) is 5.36. The van der Waals surface area contributed by atoms with Gasteiger partial charge in [0.2, 0.25) is 0 Å². The van der Waals surface area contributed by atoms with Gasteiger partial charge in [-0.3, -0.25) is 0 Å². The molecular weight excluding hydrogens is 412 g/mol. The minimum atomic E-state index is 0.669. The molecule has 0 atom stereocenters. The summed E-state index contributed by atoms with van der Waals surface area (Å²) in [5.74, 6) is 0. The number of nitrogens with zero attached hydrogens (tertiary/aromatic N) is 2. The molecular formula is C32H22N2. The third kappa shape index (κ3) is 6.30. The molecule has 0 N–H and O–H groups in total. The van der Waals surface area contributed by atoms with E-state index in [0.29, 0.717) is 11.1 Å². The van der Waals surface area contributed by atoms with Crippen molar-refractivity contribution in [2.75, 3.05) is 0 Å². The lowest BCUT2D eigenvalue weighted by molar-refractivity contribution is 1.48. The van der Waals surface area contributed by atoms with E-state index < -0.39 is 0 Å². The zero-order chi connectivity index (χ0) is 23.6. The molecule has 0 bridgehead atoms. The van der Waals surface area contributed by atoms with Crippen LogP contribution in [-0.2, 0) is 0 Å². The number of hydrogen-bond donors (Lipinski definition) is 0. The van der Waals surface area contributed by atoms with Gasteiger partial charge in [-0.15, -0.1) is 0 Å². The van der Waals surface area contributed by atoms with Gasteiger partial charge in [-0.05, 0) is 57.6 Å². The van der Waals surface area contributed by atoms with Crippen LogP contribution >= 0.6 is 0 Å². The molecule has 34 heavy (non-hydrogen) atoms. The molecule has 4 rings (SSSR count). The van der Waals surface area contributed by atoms with E-state index in [4.69, 9.17) is 10.5 Å². The molecule has 0 aliphatic rings. The summed E-state index contributed by atoms with van der Waals surface area (Å²) in [4.78, 5) is 0. The van der Waals surface area contributed by atoms with Crippen LogP contribution in [0.3, 0.4) is 0 Å². The van der Waals surface area contributed by atoms with E-state index in [2.05, 4.69) is 85.0 Å². The molecule has 0 saturated heterocycles. The largest absolute Gasteiger partial charge is 0.192 e. The fourth-order valence-corrected chi connectivity index (χ4v) is 3.35. The van der Waals surface area contributed by atoms with Gasteiger partial charge in [0.25, 0.3) is 0 Å². The van der Waals surface area contributed by atoms with E-state index >= 15 is 0 Å². The van der Waals surface area contributed by atoms with E-state index in [9.17, 15) is 0 Å². The fraction of sp³-hybridized carbons (Fsp3) is 0. The molecule has 2 nitrogen and oxygen atoms in total. The molecule has 0 radical (unpaired) electrons. The topological polar surface area (TPSA) is 47.6 Å². The molecule has 4 aromatic rings. The predicted molar refractivity (Wildman–Crippen MR) is 142 cm³/mol. The van der Waals surface area contributed by atoms with Crippen molar-refractivity contribution >= 4 is 36.5 Å². The summed E-state index contributed by atoms with van der Waals surface area (Å²) in [7, 11) is 0. The monoisotopic (exact) mass is 434 g/mol. The molecule has 0 fully saturated rings. The van der Waals surface area contributed by atoms with Crippen molar-refractivity contribution in [3.8, 4) is 12.1 Å². The SMILES string of the molecule is N#Cc1ccc(C=Cc2ccc(C=Cc3ccc(C=Cc4ccc(C#N)cc4)cc3)cc2)cc1.